The molecule has 0 amide bonds. The van der Waals surface area contributed by atoms with Gasteiger partial charge in [-0.15, -0.1) is 11.3 Å². The van der Waals surface area contributed by atoms with Crippen molar-refractivity contribution in [1.82, 2.24) is 4.98 Å². The van der Waals surface area contributed by atoms with Crippen LogP contribution in [0, 0.1) is 0 Å². The van der Waals surface area contributed by atoms with Crippen molar-refractivity contribution < 1.29 is 19.4 Å². The molecule has 106 valence electrons. The van der Waals surface area contributed by atoms with Crippen molar-refractivity contribution in [1.29, 1.82) is 0 Å². The molecule has 0 spiro atoms. The van der Waals surface area contributed by atoms with Gasteiger partial charge in [-0.05, 0) is 24.6 Å². The summed E-state index contributed by atoms with van der Waals surface area (Å²) in [5, 5.41) is 9.57. The van der Waals surface area contributed by atoms with Crippen molar-refractivity contribution in [3.05, 3.63) is 29.3 Å². The highest BCUT2D eigenvalue weighted by atomic mass is 32.1. The lowest BCUT2D eigenvalue weighted by Gasteiger charge is -2.10. The van der Waals surface area contributed by atoms with Crippen LogP contribution in [0.25, 0.3) is 10.6 Å². The summed E-state index contributed by atoms with van der Waals surface area (Å²) < 4.78 is 10.9. The van der Waals surface area contributed by atoms with Crippen molar-refractivity contribution in [2.45, 2.75) is 13.3 Å². The van der Waals surface area contributed by atoms with Crippen LogP contribution in [0.15, 0.2) is 24.4 Å². The van der Waals surface area contributed by atoms with E-state index in [0.29, 0.717) is 23.1 Å². The highest BCUT2D eigenvalue weighted by Crippen LogP contribution is 2.34. The van der Waals surface area contributed by atoms with Gasteiger partial charge in [-0.1, -0.05) is 6.92 Å². The zero-order valence-electron chi connectivity index (χ0n) is 11.3. The van der Waals surface area contributed by atoms with Gasteiger partial charge in [0, 0.05) is 5.56 Å². The normalized spacial score (nSPS) is 10.3. The van der Waals surface area contributed by atoms with Crippen molar-refractivity contribution in [3.8, 4) is 22.1 Å². The fourth-order valence-corrected chi connectivity index (χ4v) is 2.39. The minimum absolute atomic E-state index is 0.215. The number of benzene rings is 1. The van der Waals surface area contributed by atoms with E-state index in [-0.39, 0.29) is 4.88 Å². The predicted octanol–water partition coefficient (Wildman–Crippen LogP) is 3.31. The van der Waals surface area contributed by atoms with Gasteiger partial charge in [0.15, 0.2) is 11.5 Å². The Morgan fingerprint density at radius 1 is 1.40 bits per heavy atom. The number of ether oxygens (including phenoxy) is 2. The number of carboxylic acid groups (broad SMARTS) is 1. The Hall–Kier alpha value is -2.08. The first-order valence-electron chi connectivity index (χ1n) is 6.16. The Morgan fingerprint density at radius 2 is 2.20 bits per heavy atom. The molecule has 0 bridgehead atoms. The van der Waals surface area contributed by atoms with Gasteiger partial charge in [-0.2, -0.15) is 0 Å². The van der Waals surface area contributed by atoms with Gasteiger partial charge >= 0.3 is 5.97 Å². The number of aromatic nitrogens is 1. The largest absolute Gasteiger partial charge is 0.493 e. The quantitative estimate of drug-likeness (QED) is 0.885. The van der Waals surface area contributed by atoms with E-state index in [2.05, 4.69) is 4.98 Å². The van der Waals surface area contributed by atoms with Crippen LogP contribution in [0.1, 0.15) is 23.0 Å². The van der Waals surface area contributed by atoms with Crippen molar-refractivity contribution in [3.63, 3.8) is 0 Å². The average Bonchev–Trinajstić information content (AvgIpc) is 2.94. The van der Waals surface area contributed by atoms with Crippen molar-refractivity contribution in [2.75, 3.05) is 13.7 Å². The van der Waals surface area contributed by atoms with Crippen LogP contribution in [-0.4, -0.2) is 29.8 Å². The van der Waals surface area contributed by atoms with Gasteiger partial charge in [-0.25, -0.2) is 9.78 Å². The number of carboxylic acids is 1. The molecule has 0 fully saturated rings. The molecule has 6 heteroatoms. The second-order valence-electron chi connectivity index (χ2n) is 4.05. The lowest BCUT2D eigenvalue weighted by atomic mass is 10.2. The minimum Gasteiger partial charge on any atom is -0.493 e. The van der Waals surface area contributed by atoms with Gasteiger partial charge in [0.25, 0.3) is 0 Å². The van der Waals surface area contributed by atoms with Crippen LogP contribution in [0.2, 0.25) is 0 Å². The smallest absolute Gasteiger partial charge is 0.347 e. The Morgan fingerprint density at radius 3 is 2.80 bits per heavy atom. The standard InChI is InChI=1S/C14H15NO4S/c1-3-6-19-11-7-9(4-5-10(11)18-2)13-15-8-12(20-13)14(16)17/h4-5,7-8H,3,6H2,1-2H3,(H,16,17). The van der Waals surface area contributed by atoms with E-state index in [1.807, 2.05) is 19.1 Å². The Balaban J connectivity index is 2.33. The molecule has 2 aromatic rings. The van der Waals surface area contributed by atoms with E-state index >= 15 is 0 Å². The molecular weight excluding hydrogens is 278 g/mol. The van der Waals surface area contributed by atoms with E-state index in [9.17, 15) is 4.79 Å². The third kappa shape index (κ3) is 3.08. The topological polar surface area (TPSA) is 68.7 Å². The highest BCUT2D eigenvalue weighted by Gasteiger charge is 2.12. The summed E-state index contributed by atoms with van der Waals surface area (Å²) in [6.07, 6.45) is 2.26. The highest BCUT2D eigenvalue weighted by molar-refractivity contribution is 7.16. The van der Waals surface area contributed by atoms with Gasteiger partial charge in [0.05, 0.1) is 19.9 Å². The molecule has 1 heterocycles. The molecule has 20 heavy (non-hydrogen) atoms. The maximum absolute atomic E-state index is 10.9. The van der Waals surface area contributed by atoms with E-state index in [1.165, 1.54) is 6.20 Å². The van der Waals surface area contributed by atoms with Gasteiger partial charge in [-0.3, -0.25) is 0 Å². The first-order chi connectivity index (χ1) is 9.65. The lowest BCUT2D eigenvalue weighted by Crippen LogP contribution is -1.97. The Labute approximate surface area is 120 Å². The summed E-state index contributed by atoms with van der Waals surface area (Å²) in [5.74, 6) is 0.320. The Bertz CT molecular complexity index is 609. The third-order valence-electron chi connectivity index (χ3n) is 2.59. The van der Waals surface area contributed by atoms with Crippen LogP contribution < -0.4 is 9.47 Å². The van der Waals surface area contributed by atoms with Crippen molar-refractivity contribution >= 4 is 17.3 Å². The summed E-state index contributed by atoms with van der Waals surface area (Å²) in [6.45, 7) is 2.62. The summed E-state index contributed by atoms with van der Waals surface area (Å²) in [6, 6.07) is 5.45. The van der Waals surface area contributed by atoms with Crippen LogP contribution in [0.3, 0.4) is 0 Å². The molecule has 1 aromatic carbocycles. The average molecular weight is 293 g/mol. The van der Waals surface area contributed by atoms with Gasteiger partial charge in [0.2, 0.25) is 0 Å². The predicted molar refractivity (Wildman–Crippen MR) is 76.8 cm³/mol. The number of nitrogens with zero attached hydrogens (tertiary/aromatic N) is 1. The zero-order valence-corrected chi connectivity index (χ0v) is 12.1. The number of methoxy groups -OCH3 is 1. The Kier molecular flexibility index (Phi) is 4.57. The molecule has 0 saturated carbocycles. The summed E-state index contributed by atoms with van der Waals surface area (Å²) in [4.78, 5) is 15.2. The molecule has 5 nitrogen and oxygen atoms in total. The fourth-order valence-electron chi connectivity index (χ4n) is 1.64. The first kappa shape index (κ1) is 14.3. The number of hydrogen-bond donors (Lipinski definition) is 1. The van der Waals surface area contributed by atoms with Gasteiger partial charge in [0.1, 0.15) is 9.88 Å². The molecule has 0 aliphatic rings. The summed E-state index contributed by atoms with van der Waals surface area (Å²) in [5.41, 5.74) is 0.814. The van der Waals surface area contributed by atoms with E-state index in [1.54, 1.807) is 13.2 Å². The second-order valence-corrected chi connectivity index (χ2v) is 5.08. The third-order valence-corrected chi connectivity index (χ3v) is 3.62. The maximum atomic E-state index is 10.9. The number of hydrogen-bond acceptors (Lipinski definition) is 5. The molecule has 0 atom stereocenters. The molecule has 0 unspecified atom stereocenters. The lowest BCUT2D eigenvalue weighted by molar-refractivity contribution is 0.0702. The zero-order chi connectivity index (χ0) is 14.5. The number of rotatable bonds is 6. The maximum Gasteiger partial charge on any atom is 0.347 e. The fraction of sp³-hybridized carbons (Fsp3) is 0.286. The van der Waals surface area contributed by atoms with Crippen LogP contribution >= 0.6 is 11.3 Å². The summed E-state index contributed by atoms with van der Waals surface area (Å²) in [7, 11) is 1.58. The minimum atomic E-state index is -0.968. The number of aromatic carboxylic acids is 1. The molecule has 0 aliphatic heterocycles. The van der Waals surface area contributed by atoms with Crippen LogP contribution in [0.4, 0.5) is 0 Å². The second kappa shape index (κ2) is 6.38. The summed E-state index contributed by atoms with van der Waals surface area (Å²) >= 11 is 1.13. The molecule has 0 radical (unpaired) electrons. The first-order valence-corrected chi connectivity index (χ1v) is 6.97. The van der Waals surface area contributed by atoms with Gasteiger partial charge < -0.3 is 14.6 Å². The monoisotopic (exact) mass is 293 g/mol. The SMILES string of the molecule is CCCOc1cc(-c2ncc(C(=O)O)s2)ccc1OC. The molecule has 1 N–H and O–H groups in total. The number of thiazole rings is 1. The molecule has 0 saturated heterocycles. The molecule has 1 aromatic heterocycles. The number of carbonyl (C=O) groups is 1. The van der Waals surface area contributed by atoms with Crippen molar-refractivity contribution in [2.24, 2.45) is 0 Å². The van der Waals surface area contributed by atoms with E-state index < -0.39 is 5.97 Å². The van der Waals surface area contributed by atoms with E-state index in [0.717, 1.165) is 23.3 Å². The molecule has 0 aliphatic carbocycles. The molecule has 2 rings (SSSR count). The molecular formula is C14H15NO4S. The van der Waals surface area contributed by atoms with Crippen LogP contribution in [-0.2, 0) is 0 Å². The van der Waals surface area contributed by atoms with Crippen LogP contribution in [0.5, 0.6) is 11.5 Å². The van der Waals surface area contributed by atoms with E-state index in [4.69, 9.17) is 14.6 Å².